The van der Waals surface area contributed by atoms with Crippen molar-refractivity contribution in [2.24, 2.45) is 0 Å². The van der Waals surface area contributed by atoms with Crippen LogP contribution in [0, 0.1) is 0 Å². The summed E-state index contributed by atoms with van der Waals surface area (Å²) in [5.74, 6) is -1.47. The summed E-state index contributed by atoms with van der Waals surface area (Å²) in [6.07, 6.45) is 5.27. The number of rotatable bonds is 7. The van der Waals surface area contributed by atoms with E-state index in [-0.39, 0.29) is 35.2 Å². The fourth-order valence-electron chi connectivity index (χ4n) is 3.58. The van der Waals surface area contributed by atoms with E-state index >= 15 is 0 Å². The number of fused-ring (bicyclic) bond motifs is 1. The topological polar surface area (TPSA) is 140 Å². The lowest BCUT2D eigenvalue weighted by atomic mass is 10.1. The maximum absolute atomic E-state index is 12.9. The molecule has 2 aromatic carbocycles. The fourth-order valence-corrected chi connectivity index (χ4v) is 3.58. The number of carbonyl (C=O) groups excluding carboxylic acids is 3. The van der Waals surface area contributed by atoms with Crippen molar-refractivity contribution in [1.82, 2.24) is 30.2 Å². The third-order valence-electron chi connectivity index (χ3n) is 5.39. The summed E-state index contributed by atoms with van der Waals surface area (Å²) in [5, 5.41) is 7.71. The van der Waals surface area contributed by atoms with Crippen molar-refractivity contribution in [2.75, 3.05) is 5.32 Å². The largest absolute Gasteiger partial charge is 0.337 e. The number of imidazole rings is 1. The molecule has 11 nitrogen and oxygen atoms in total. The first kappa shape index (κ1) is 24.3. The van der Waals surface area contributed by atoms with Gasteiger partial charge >= 0.3 is 0 Å². The molecule has 0 aliphatic rings. The minimum absolute atomic E-state index is 0.0121. The SMILES string of the molecule is CC(C)n1nc(C(=O)NNC(=O)c2cccc(NC(=O)CCn3ccnc3)c2)c2ccccc2c1=O. The monoisotopic (exact) mass is 487 g/mol. The van der Waals surface area contributed by atoms with E-state index in [2.05, 4.69) is 26.3 Å². The Balaban J connectivity index is 1.43. The highest BCUT2D eigenvalue weighted by Crippen LogP contribution is 2.15. The summed E-state index contributed by atoms with van der Waals surface area (Å²) < 4.78 is 3.02. The first-order valence-corrected chi connectivity index (χ1v) is 11.3. The molecule has 36 heavy (non-hydrogen) atoms. The molecule has 2 aromatic heterocycles. The van der Waals surface area contributed by atoms with Gasteiger partial charge in [0.05, 0.1) is 17.8 Å². The summed E-state index contributed by atoms with van der Waals surface area (Å²) >= 11 is 0. The zero-order valence-corrected chi connectivity index (χ0v) is 19.8. The van der Waals surface area contributed by atoms with Gasteiger partial charge in [-0.05, 0) is 38.1 Å². The van der Waals surface area contributed by atoms with E-state index in [4.69, 9.17) is 0 Å². The van der Waals surface area contributed by atoms with Gasteiger partial charge in [-0.2, -0.15) is 5.10 Å². The number of amides is 3. The molecule has 0 radical (unpaired) electrons. The Hall–Kier alpha value is -4.80. The van der Waals surface area contributed by atoms with Gasteiger partial charge in [0.1, 0.15) is 0 Å². The Morgan fingerprint density at radius 1 is 0.972 bits per heavy atom. The second-order valence-corrected chi connectivity index (χ2v) is 8.33. The van der Waals surface area contributed by atoms with Gasteiger partial charge < -0.3 is 9.88 Å². The van der Waals surface area contributed by atoms with Crippen molar-refractivity contribution in [3.63, 3.8) is 0 Å². The quantitative estimate of drug-likeness (QED) is 0.342. The number of benzene rings is 2. The number of anilines is 1. The molecule has 11 heteroatoms. The lowest BCUT2D eigenvalue weighted by Gasteiger charge is -2.14. The van der Waals surface area contributed by atoms with Gasteiger partial charge in [0, 0.05) is 42.0 Å². The molecule has 0 saturated heterocycles. The normalized spacial score (nSPS) is 10.9. The molecular formula is C25H25N7O4. The van der Waals surface area contributed by atoms with Gasteiger partial charge in [-0.3, -0.25) is 30.0 Å². The predicted molar refractivity (Wildman–Crippen MR) is 133 cm³/mol. The Bertz CT molecular complexity index is 1480. The van der Waals surface area contributed by atoms with Crippen LogP contribution in [0.25, 0.3) is 10.8 Å². The molecule has 0 unspecified atom stereocenters. The number of aryl methyl sites for hydroxylation is 1. The highest BCUT2D eigenvalue weighted by molar-refractivity contribution is 6.06. The Morgan fingerprint density at radius 2 is 1.72 bits per heavy atom. The van der Waals surface area contributed by atoms with Crippen molar-refractivity contribution in [3.05, 3.63) is 88.9 Å². The fraction of sp³-hybridized carbons (Fsp3) is 0.200. The van der Waals surface area contributed by atoms with Gasteiger partial charge in [-0.1, -0.05) is 24.3 Å². The smallest absolute Gasteiger partial charge is 0.290 e. The lowest BCUT2D eigenvalue weighted by molar-refractivity contribution is -0.116. The third kappa shape index (κ3) is 5.46. The zero-order chi connectivity index (χ0) is 25.7. The molecular weight excluding hydrogens is 462 g/mol. The van der Waals surface area contributed by atoms with Crippen molar-refractivity contribution in [2.45, 2.75) is 32.9 Å². The third-order valence-corrected chi connectivity index (χ3v) is 5.39. The number of hydrazine groups is 1. The highest BCUT2D eigenvalue weighted by atomic mass is 16.2. The lowest BCUT2D eigenvalue weighted by Crippen LogP contribution is -2.43. The van der Waals surface area contributed by atoms with E-state index in [9.17, 15) is 19.2 Å². The molecule has 4 rings (SSSR count). The van der Waals surface area contributed by atoms with Crippen LogP contribution >= 0.6 is 0 Å². The van der Waals surface area contributed by atoms with E-state index < -0.39 is 11.8 Å². The molecule has 2 heterocycles. The molecule has 3 amide bonds. The summed E-state index contributed by atoms with van der Waals surface area (Å²) in [5.41, 5.74) is 5.11. The van der Waals surface area contributed by atoms with E-state index in [1.54, 1.807) is 79.6 Å². The van der Waals surface area contributed by atoms with Crippen LogP contribution in [0.1, 0.15) is 47.2 Å². The van der Waals surface area contributed by atoms with E-state index in [0.717, 1.165) is 0 Å². The standard InChI is InChI=1S/C25H25N7O4/c1-16(2)32-25(36)20-9-4-3-8-19(20)22(30-32)24(35)29-28-23(34)17-6-5-7-18(14-17)27-21(33)10-12-31-13-11-26-15-31/h3-9,11,13-16H,10,12H2,1-2H3,(H,27,33)(H,28,34)(H,29,35). The molecule has 0 aliphatic heterocycles. The van der Waals surface area contributed by atoms with Crippen LogP contribution < -0.4 is 21.7 Å². The molecule has 0 spiro atoms. The number of nitrogens with one attached hydrogen (secondary N) is 3. The predicted octanol–water partition coefficient (Wildman–Crippen LogP) is 2.28. The molecule has 0 bridgehead atoms. The number of hydrogen-bond acceptors (Lipinski definition) is 6. The van der Waals surface area contributed by atoms with E-state index in [1.165, 1.54) is 10.7 Å². The minimum Gasteiger partial charge on any atom is -0.337 e. The molecule has 0 saturated carbocycles. The van der Waals surface area contributed by atoms with E-state index in [0.29, 0.717) is 23.0 Å². The van der Waals surface area contributed by atoms with Crippen LogP contribution in [0.5, 0.6) is 0 Å². The first-order valence-electron chi connectivity index (χ1n) is 11.3. The van der Waals surface area contributed by atoms with Gasteiger partial charge in [-0.15, -0.1) is 0 Å². The van der Waals surface area contributed by atoms with Gasteiger partial charge in [0.2, 0.25) is 5.91 Å². The Morgan fingerprint density at radius 3 is 2.44 bits per heavy atom. The number of hydrogen-bond donors (Lipinski definition) is 3. The number of nitrogens with zero attached hydrogens (tertiary/aromatic N) is 4. The summed E-state index contributed by atoms with van der Waals surface area (Å²) in [4.78, 5) is 54.4. The maximum Gasteiger partial charge on any atom is 0.290 e. The second kappa shape index (κ2) is 10.6. The van der Waals surface area contributed by atoms with Crippen LogP contribution in [0.2, 0.25) is 0 Å². The maximum atomic E-state index is 12.9. The minimum atomic E-state index is -0.669. The van der Waals surface area contributed by atoms with Crippen molar-refractivity contribution >= 4 is 34.2 Å². The van der Waals surface area contributed by atoms with Crippen LogP contribution in [-0.2, 0) is 11.3 Å². The summed E-state index contributed by atoms with van der Waals surface area (Å²) in [7, 11) is 0. The molecule has 0 atom stereocenters. The molecule has 4 aromatic rings. The van der Waals surface area contributed by atoms with Crippen LogP contribution in [0.15, 0.2) is 72.0 Å². The van der Waals surface area contributed by atoms with Crippen LogP contribution in [-0.4, -0.2) is 37.1 Å². The van der Waals surface area contributed by atoms with E-state index in [1.807, 2.05) is 0 Å². The molecule has 0 aliphatic carbocycles. The molecule has 0 fully saturated rings. The van der Waals surface area contributed by atoms with Crippen LogP contribution in [0.4, 0.5) is 5.69 Å². The number of aromatic nitrogens is 4. The molecule has 184 valence electrons. The Kier molecular flexibility index (Phi) is 7.19. The first-order chi connectivity index (χ1) is 17.3. The second-order valence-electron chi connectivity index (χ2n) is 8.33. The van der Waals surface area contributed by atoms with Crippen LogP contribution in [0.3, 0.4) is 0 Å². The van der Waals surface area contributed by atoms with Crippen molar-refractivity contribution < 1.29 is 14.4 Å². The average molecular weight is 488 g/mol. The summed E-state index contributed by atoms with van der Waals surface area (Å²) in [6.45, 7) is 4.05. The zero-order valence-electron chi connectivity index (χ0n) is 19.8. The van der Waals surface area contributed by atoms with Crippen molar-refractivity contribution in [3.8, 4) is 0 Å². The Labute approximate surface area is 206 Å². The summed E-state index contributed by atoms with van der Waals surface area (Å²) in [6, 6.07) is 12.7. The average Bonchev–Trinajstić information content (AvgIpc) is 3.40. The van der Waals surface area contributed by atoms with Gasteiger partial charge in [0.15, 0.2) is 5.69 Å². The number of carbonyl (C=O) groups is 3. The molecule has 3 N–H and O–H groups in total. The van der Waals surface area contributed by atoms with Gasteiger partial charge in [-0.25, -0.2) is 9.67 Å². The van der Waals surface area contributed by atoms with Gasteiger partial charge in [0.25, 0.3) is 17.4 Å². The highest BCUT2D eigenvalue weighted by Gasteiger charge is 2.18. The van der Waals surface area contributed by atoms with Crippen molar-refractivity contribution in [1.29, 1.82) is 0 Å².